The average molecular weight is 336 g/mol. The SMILES string of the molecule is CC1(c2ccnc3ccnn23)CCCN1Cc1ccc(C(=O)O)cc1. The second kappa shape index (κ2) is 5.97. The number of nitrogens with zero attached hydrogens (tertiary/aromatic N) is 4. The number of hydrogen-bond donors (Lipinski definition) is 1. The van der Waals surface area contributed by atoms with Gasteiger partial charge in [-0.1, -0.05) is 12.1 Å². The van der Waals surface area contributed by atoms with Crippen LogP contribution in [0.1, 0.15) is 41.4 Å². The van der Waals surface area contributed by atoms with E-state index < -0.39 is 5.97 Å². The van der Waals surface area contributed by atoms with Crippen molar-refractivity contribution in [3.8, 4) is 0 Å². The fraction of sp³-hybridized carbons (Fsp3) is 0.316. The standard InChI is InChI=1S/C19H20N4O2/c1-19(16-7-10-20-17-8-11-21-23(16)17)9-2-12-22(19)13-14-3-5-15(6-4-14)18(24)25/h3-8,10-11H,2,9,12-13H2,1H3,(H,24,25). The summed E-state index contributed by atoms with van der Waals surface area (Å²) in [4.78, 5) is 17.8. The first-order chi connectivity index (χ1) is 12.1. The Bertz CT molecular complexity index is 919. The van der Waals surface area contributed by atoms with E-state index in [0.717, 1.165) is 42.8 Å². The first-order valence-corrected chi connectivity index (χ1v) is 8.44. The molecule has 0 saturated carbocycles. The maximum atomic E-state index is 11.0. The smallest absolute Gasteiger partial charge is 0.335 e. The van der Waals surface area contributed by atoms with Crippen LogP contribution < -0.4 is 0 Å². The van der Waals surface area contributed by atoms with Crippen molar-refractivity contribution in [2.24, 2.45) is 0 Å². The fourth-order valence-corrected chi connectivity index (χ4v) is 3.78. The molecule has 1 atom stereocenters. The molecule has 1 aliphatic rings. The normalized spacial score (nSPS) is 21.0. The predicted molar refractivity (Wildman–Crippen MR) is 93.4 cm³/mol. The minimum Gasteiger partial charge on any atom is -0.478 e. The third kappa shape index (κ3) is 2.68. The van der Waals surface area contributed by atoms with Crippen LogP contribution in [0.15, 0.2) is 48.8 Å². The summed E-state index contributed by atoms with van der Waals surface area (Å²) in [5.41, 5.74) is 3.31. The number of carboxylic acids is 1. The first-order valence-electron chi connectivity index (χ1n) is 8.44. The van der Waals surface area contributed by atoms with Crippen LogP contribution in [-0.2, 0) is 12.1 Å². The summed E-state index contributed by atoms with van der Waals surface area (Å²) in [6.45, 7) is 4.03. The van der Waals surface area contributed by atoms with Crippen LogP contribution in [0, 0.1) is 0 Å². The molecule has 4 rings (SSSR count). The monoisotopic (exact) mass is 336 g/mol. The van der Waals surface area contributed by atoms with E-state index in [9.17, 15) is 4.79 Å². The topological polar surface area (TPSA) is 70.7 Å². The lowest BCUT2D eigenvalue weighted by atomic mass is 9.93. The van der Waals surface area contributed by atoms with Crippen LogP contribution in [0.3, 0.4) is 0 Å². The van der Waals surface area contributed by atoms with Gasteiger partial charge in [-0.15, -0.1) is 0 Å². The Kier molecular flexibility index (Phi) is 3.77. The number of hydrogen-bond acceptors (Lipinski definition) is 4. The van der Waals surface area contributed by atoms with Crippen LogP contribution in [-0.4, -0.2) is 37.1 Å². The zero-order chi connectivity index (χ0) is 17.4. The highest BCUT2D eigenvalue weighted by atomic mass is 16.4. The lowest BCUT2D eigenvalue weighted by molar-refractivity contribution is 0.0697. The molecule has 1 saturated heterocycles. The van der Waals surface area contributed by atoms with E-state index in [2.05, 4.69) is 21.9 Å². The molecule has 6 nitrogen and oxygen atoms in total. The highest BCUT2D eigenvalue weighted by Crippen LogP contribution is 2.39. The molecule has 1 aromatic carbocycles. The van der Waals surface area contributed by atoms with Crippen molar-refractivity contribution < 1.29 is 9.90 Å². The number of fused-ring (bicyclic) bond motifs is 1. The van der Waals surface area contributed by atoms with Gasteiger partial charge >= 0.3 is 5.97 Å². The number of aromatic nitrogens is 3. The summed E-state index contributed by atoms with van der Waals surface area (Å²) < 4.78 is 1.92. The Hall–Kier alpha value is -2.73. The minimum atomic E-state index is -0.893. The number of likely N-dealkylation sites (tertiary alicyclic amines) is 1. The molecule has 3 aromatic rings. The van der Waals surface area contributed by atoms with E-state index in [1.54, 1.807) is 18.3 Å². The number of benzene rings is 1. The summed E-state index contributed by atoms with van der Waals surface area (Å²) in [5.74, 6) is -0.893. The molecule has 0 radical (unpaired) electrons. The largest absolute Gasteiger partial charge is 0.478 e. The quantitative estimate of drug-likeness (QED) is 0.793. The van der Waals surface area contributed by atoms with Gasteiger partial charge in [-0.05, 0) is 50.1 Å². The molecule has 0 amide bonds. The zero-order valence-corrected chi connectivity index (χ0v) is 14.1. The van der Waals surface area contributed by atoms with Crippen LogP contribution >= 0.6 is 0 Å². The van der Waals surface area contributed by atoms with Crippen molar-refractivity contribution in [3.63, 3.8) is 0 Å². The van der Waals surface area contributed by atoms with Crippen molar-refractivity contribution >= 4 is 11.6 Å². The highest BCUT2D eigenvalue weighted by molar-refractivity contribution is 5.87. The third-order valence-corrected chi connectivity index (χ3v) is 5.21. The molecule has 128 valence electrons. The summed E-state index contributed by atoms with van der Waals surface area (Å²) in [6, 6.07) is 11.1. The minimum absolute atomic E-state index is 0.126. The van der Waals surface area contributed by atoms with Crippen LogP contribution in [0.4, 0.5) is 0 Å². The summed E-state index contributed by atoms with van der Waals surface area (Å²) >= 11 is 0. The average Bonchev–Trinajstić information content (AvgIpc) is 3.23. The van der Waals surface area contributed by atoms with Crippen molar-refractivity contribution in [1.82, 2.24) is 19.5 Å². The summed E-state index contributed by atoms with van der Waals surface area (Å²) in [7, 11) is 0. The van der Waals surface area contributed by atoms with Crippen molar-refractivity contribution in [3.05, 3.63) is 65.6 Å². The molecule has 3 heterocycles. The molecule has 1 fully saturated rings. The molecule has 1 unspecified atom stereocenters. The first kappa shape index (κ1) is 15.8. The van der Waals surface area contributed by atoms with Crippen LogP contribution in [0.2, 0.25) is 0 Å². The van der Waals surface area contributed by atoms with Gasteiger partial charge in [0.05, 0.1) is 23.0 Å². The Balaban J connectivity index is 1.65. The molecular formula is C19H20N4O2. The lowest BCUT2D eigenvalue weighted by Gasteiger charge is -2.35. The Morgan fingerprint density at radius 3 is 2.76 bits per heavy atom. The van der Waals surface area contributed by atoms with Gasteiger partial charge in [0.25, 0.3) is 0 Å². The van der Waals surface area contributed by atoms with E-state index in [4.69, 9.17) is 5.11 Å². The van der Waals surface area contributed by atoms with Gasteiger partial charge in [0.2, 0.25) is 0 Å². The Labute approximate surface area is 145 Å². The van der Waals surface area contributed by atoms with Gasteiger partial charge in [0.1, 0.15) is 0 Å². The van der Waals surface area contributed by atoms with Gasteiger partial charge in [-0.3, -0.25) is 4.90 Å². The van der Waals surface area contributed by atoms with Gasteiger partial charge in [-0.2, -0.15) is 5.10 Å². The second-order valence-electron chi connectivity index (χ2n) is 6.73. The molecule has 6 heteroatoms. The fourth-order valence-electron chi connectivity index (χ4n) is 3.78. The van der Waals surface area contributed by atoms with Crippen LogP contribution in [0.5, 0.6) is 0 Å². The van der Waals surface area contributed by atoms with Gasteiger partial charge in [0, 0.05) is 18.8 Å². The van der Waals surface area contributed by atoms with E-state index in [-0.39, 0.29) is 5.54 Å². The van der Waals surface area contributed by atoms with Gasteiger partial charge in [0.15, 0.2) is 5.65 Å². The van der Waals surface area contributed by atoms with Crippen molar-refractivity contribution in [2.45, 2.75) is 31.8 Å². The zero-order valence-electron chi connectivity index (χ0n) is 14.1. The maximum absolute atomic E-state index is 11.0. The number of carbonyl (C=O) groups is 1. The Morgan fingerprint density at radius 1 is 1.20 bits per heavy atom. The molecule has 2 aromatic heterocycles. The van der Waals surface area contributed by atoms with Gasteiger partial charge in [-0.25, -0.2) is 14.3 Å². The molecule has 1 N–H and O–H groups in total. The molecule has 0 bridgehead atoms. The highest BCUT2D eigenvalue weighted by Gasteiger charge is 2.40. The molecule has 0 aliphatic carbocycles. The van der Waals surface area contributed by atoms with Crippen molar-refractivity contribution in [2.75, 3.05) is 6.54 Å². The lowest BCUT2D eigenvalue weighted by Crippen LogP contribution is -2.39. The van der Waals surface area contributed by atoms with Crippen molar-refractivity contribution in [1.29, 1.82) is 0 Å². The maximum Gasteiger partial charge on any atom is 0.335 e. The number of rotatable bonds is 4. The summed E-state index contributed by atoms with van der Waals surface area (Å²) in [6.07, 6.45) is 5.79. The Morgan fingerprint density at radius 2 is 2.00 bits per heavy atom. The third-order valence-electron chi connectivity index (χ3n) is 5.21. The summed E-state index contributed by atoms with van der Waals surface area (Å²) in [5, 5.41) is 13.5. The molecular weight excluding hydrogens is 316 g/mol. The molecule has 0 spiro atoms. The van der Waals surface area contributed by atoms with E-state index in [1.807, 2.05) is 35.0 Å². The molecule has 1 aliphatic heterocycles. The van der Waals surface area contributed by atoms with E-state index in [1.165, 1.54) is 0 Å². The molecule has 25 heavy (non-hydrogen) atoms. The number of carboxylic acid groups (broad SMARTS) is 1. The van der Waals surface area contributed by atoms with E-state index in [0.29, 0.717) is 5.56 Å². The second-order valence-corrected chi connectivity index (χ2v) is 6.73. The van der Waals surface area contributed by atoms with Gasteiger partial charge < -0.3 is 5.11 Å². The van der Waals surface area contributed by atoms with E-state index >= 15 is 0 Å². The van der Waals surface area contributed by atoms with Crippen LogP contribution in [0.25, 0.3) is 5.65 Å². The predicted octanol–water partition coefficient (Wildman–Crippen LogP) is 2.94. The number of aromatic carboxylic acids is 1.